The number of alkyl halides is 3. The molecule has 0 bridgehead atoms. The van der Waals surface area contributed by atoms with Gasteiger partial charge in [-0.25, -0.2) is 0 Å². The third-order valence-corrected chi connectivity index (χ3v) is 3.49. The Kier molecular flexibility index (Phi) is 7.72. The molecule has 1 aromatic heterocycles. The van der Waals surface area contributed by atoms with E-state index in [0.29, 0.717) is 12.3 Å². The molecule has 3 N–H and O–H groups in total. The molecule has 0 aliphatic rings. The Morgan fingerprint density at radius 3 is 2.58 bits per heavy atom. The van der Waals surface area contributed by atoms with Crippen molar-refractivity contribution in [3.05, 3.63) is 41.3 Å². The molecule has 1 aromatic carbocycles. The monoisotopic (exact) mass is 484 g/mol. The van der Waals surface area contributed by atoms with Crippen LogP contribution >= 0.6 is 24.0 Å². The number of aromatic nitrogens is 1. The summed E-state index contributed by atoms with van der Waals surface area (Å²) in [4.78, 5) is 4.17. The molecule has 0 saturated carbocycles. The van der Waals surface area contributed by atoms with Crippen LogP contribution in [0.15, 0.2) is 33.8 Å². The standard InChI is InChI=1S/C16H19F3N4O2.HI/c1-9(14-10(2)23-25-11(14)3)8-21-15(20)22-12-6-4-5-7-13(12)24-16(17,18)19;/h4-7,9H,8H2,1-3H3,(H3,20,21,22);1H. The molecule has 2 rings (SSSR count). The summed E-state index contributed by atoms with van der Waals surface area (Å²) < 4.78 is 46.3. The number of hydrogen-bond donors (Lipinski definition) is 2. The first-order valence-corrected chi connectivity index (χ1v) is 7.52. The molecule has 0 spiro atoms. The lowest BCUT2D eigenvalue weighted by Crippen LogP contribution is -2.25. The summed E-state index contributed by atoms with van der Waals surface area (Å²) in [6.07, 6.45) is -4.79. The Hall–Kier alpha value is -1.98. The van der Waals surface area contributed by atoms with Gasteiger partial charge >= 0.3 is 6.36 Å². The number of nitrogens with zero attached hydrogens (tertiary/aromatic N) is 2. The fraction of sp³-hybridized carbons (Fsp3) is 0.375. The third-order valence-electron chi connectivity index (χ3n) is 3.49. The molecule has 0 aliphatic carbocycles. The molecule has 0 aliphatic heterocycles. The minimum Gasteiger partial charge on any atom is -0.404 e. The molecule has 1 atom stereocenters. The maximum absolute atomic E-state index is 12.4. The van der Waals surface area contributed by atoms with E-state index in [4.69, 9.17) is 10.3 Å². The van der Waals surface area contributed by atoms with Crippen LogP contribution < -0.4 is 15.8 Å². The van der Waals surface area contributed by atoms with E-state index in [9.17, 15) is 13.2 Å². The van der Waals surface area contributed by atoms with Gasteiger partial charge in [-0.3, -0.25) is 4.99 Å². The highest BCUT2D eigenvalue weighted by atomic mass is 127. The number of aryl methyl sites for hydroxylation is 2. The van der Waals surface area contributed by atoms with Crippen molar-refractivity contribution in [1.29, 1.82) is 0 Å². The van der Waals surface area contributed by atoms with Crippen LogP contribution in [0.3, 0.4) is 0 Å². The molecule has 10 heteroatoms. The van der Waals surface area contributed by atoms with Gasteiger partial charge in [0, 0.05) is 18.0 Å². The van der Waals surface area contributed by atoms with Gasteiger partial charge < -0.3 is 20.3 Å². The van der Waals surface area contributed by atoms with Crippen molar-refractivity contribution >= 4 is 35.6 Å². The molecule has 6 nitrogen and oxygen atoms in total. The number of halogens is 4. The fourth-order valence-electron chi connectivity index (χ4n) is 2.48. The summed E-state index contributed by atoms with van der Waals surface area (Å²) in [5.41, 5.74) is 7.57. The van der Waals surface area contributed by atoms with Crippen LogP contribution in [-0.4, -0.2) is 24.0 Å². The highest BCUT2D eigenvalue weighted by Gasteiger charge is 2.32. The maximum atomic E-state index is 12.4. The largest absolute Gasteiger partial charge is 0.573 e. The third kappa shape index (κ3) is 6.07. The van der Waals surface area contributed by atoms with Crippen LogP contribution in [0.5, 0.6) is 5.75 Å². The van der Waals surface area contributed by atoms with E-state index < -0.39 is 6.36 Å². The number of nitrogens with two attached hydrogens (primary N) is 1. The topological polar surface area (TPSA) is 85.7 Å². The van der Waals surface area contributed by atoms with Crippen LogP contribution in [0.25, 0.3) is 0 Å². The van der Waals surface area contributed by atoms with Crippen molar-refractivity contribution in [2.45, 2.75) is 33.1 Å². The number of anilines is 1. The minimum absolute atomic E-state index is 0. The summed E-state index contributed by atoms with van der Waals surface area (Å²) in [7, 11) is 0. The highest BCUT2D eigenvalue weighted by Crippen LogP contribution is 2.30. The van der Waals surface area contributed by atoms with Gasteiger partial charge in [-0.2, -0.15) is 0 Å². The maximum Gasteiger partial charge on any atom is 0.573 e. The Bertz CT molecular complexity index is 743. The van der Waals surface area contributed by atoms with Gasteiger partial charge in [0.05, 0.1) is 11.4 Å². The Morgan fingerprint density at radius 1 is 1.35 bits per heavy atom. The van der Waals surface area contributed by atoms with Crippen LogP contribution in [0.2, 0.25) is 0 Å². The fourth-order valence-corrected chi connectivity index (χ4v) is 2.48. The van der Waals surface area contributed by atoms with E-state index in [1.54, 1.807) is 6.07 Å². The second kappa shape index (κ2) is 9.10. The number of aliphatic imine (C=N–C) groups is 1. The van der Waals surface area contributed by atoms with Crippen LogP contribution in [0.1, 0.15) is 29.9 Å². The molecule has 1 unspecified atom stereocenters. The number of ether oxygens (including phenoxy) is 1. The predicted octanol–water partition coefficient (Wildman–Crippen LogP) is 4.34. The Labute approximate surface area is 166 Å². The summed E-state index contributed by atoms with van der Waals surface area (Å²) in [6, 6.07) is 5.60. The summed E-state index contributed by atoms with van der Waals surface area (Å²) >= 11 is 0. The van der Waals surface area contributed by atoms with Gasteiger partial charge in [-0.05, 0) is 26.0 Å². The van der Waals surface area contributed by atoms with Crippen molar-refractivity contribution in [3.8, 4) is 5.75 Å². The van der Waals surface area contributed by atoms with Gasteiger partial charge in [-0.15, -0.1) is 37.1 Å². The van der Waals surface area contributed by atoms with Gasteiger partial charge in [0.1, 0.15) is 5.76 Å². The summed E-state index contributed by atoms with van der Waals surface area (Å²) in [6.45, 7) is 5.90. The molecular formula is C16H20F3IN4O2. The zero-order valence-electron chi connectivity index (χ0n) is 14.4. The summed E-state index contributed by atoms with van der Waals surface area (Å²) in [5.74, 6) is 0.299. The molecule has 26 heavy (non-hydrogen) atoms. The van der Waals surface area contributed by atoms with Crippen molar-refractivity contribution in [2.24, 2.45) is 10.7 Å². The van der Waals surface area contributed by atoms with E-state index >= 15 is 0 Å². The Morgan fingerprint density at radius 2 is 2.00 bits per heavy atom. The quantitative estimate of drug-likeness (QED) is 0.375. The number of benzene rings is 1. The zero-order chi connectivity index (χ0) is 18.6. The van der Waals surface area contributed by atoms with E-state index in [2.05, 4.69) is 20.2 Å². The smallest absolute Gasteiger partial charge is 0.404 e. The van der Waals surface area contributed by atoms with Crippen molar-refractivity contribution in [3.63, 3.8) is 0 Å². The van der Waals surface area contributed by atoms with Crippen molar-refractivity contribution < 1.29 is 22.4 Å². The van der Waals surface area contributed by atoms with Gasteiger partial charge in [-0.1, -0.05) is 24.2 Å². The van der Waals surface area contributed by atoms with Crippen molar-refractivity contribution in [1.82, 2.24) is 5.16 Å². The molecular weight excluding hydrogens is 464 g/mol. The zero-order valence-corrected chi connectivity index (χ0v) is 16.8. The lowest BCUT2D eigenvalue weighted by Gasteiger charge is -2.14. The minimum atomic E-state index is -4.79. The molecule has 0 fully saturated rings. The molecule has 2 aromatic rings. The Balaban J connectivity index is 0.00000338. The van der Waals surface area contributed by atoms with Gasteiger partial charge in [0.25, 0.3) is 0 Å². The lowest BCUT2D eigenvalue weighted by atomic mass is 10.00. The SMILES string of the molecule is Cc1noc(C)c1C(C)CN=C(N)Nc1ccccc1OC(F)(F)F.I. The highest BCUT2D eigenvalue weighted by molar-refractivity contribution is 14.0. The average Bonchev–Trinajstić information content (AvgIpc) is 2.84. The molecule has 0 amide bonds. The predicted molar refractivity (Wildman–Crippen MR) is 103 cm³/mol. The molecule has 0 radical (unpaired) electrons. The van der Waals surface area contributed by atoms with E-state index in [1.807, 2.05) is 20.8 Å². The number of rotatable bonds is 5. The van der Waals surface area contributed by atoms with Crippen molar-refractivity contribution in [2.75, 3.05) is 11.9 Å². The summed E-state index contributed by atoms with van der Waals surface area (Å²) in [5, 5.41) is 6.51. The first-order chi connectivity index (χ1) is 11.7. The lowest BCUT2D eigenvalue weighted by molar-refractivity contribution is -0.274. The number of guanidine groups is 1. The number of hydrogen-bond acceptors (Lipinski definition) is 4. The number of nitrogens with one attached hydrogen (secondary N) is 1. The van der Waals surface area contributed by atoms with Gasteiger partial charge in [0.2, 0.25) is 0 Å². The van der Waals surface area contributed by atoms with Crippen LogP contribution in [0.4, 0.5) is 18.9 Å². The van der Waals surface area contributed by atoms with E-state index in [1.165, 1.54) is 18.2 Å². The molecule has 0 saturated heterocycles. The van der Waals surface area contributed by atoms with Gasteiger partial charge in [0.15, 0.2) is 11.7 Å². The van der Waals surface area contributed by atoms with Crippen LogP contribution in [0, 0.1) is 13.8 Å². The normalized spacial score (nSPS) is 13.1. The average molecular weight is 484 g/mol. The van der Waals surface area contributed by atoms with E-state index in [-0.39, 0.29) is 47.3 Å². The number of para-hydroxylation sites is 2. The second-order valence-corrected chi connectivity index (χ2v) is 5.53. The first-order valence-electron chi connectivity index (χ1n) is 7.52. The molecule has 144 valence electrons. The molecule has 1 heterocycles. The first kappa shape index (κ1) is 22.1. The van der Waals surface area contributed by atoms with E-state index in [0.717, 1.165) is 11.3 Å². The van der Waals surface area contributed by atoms with Crippen LogP contribution in [-0.2, 0) is 0 Å². The second-order valence-electron chi connectivity index (χ2n) is 5.53.